The molecule has 3 rings (SSSR count). The summed E-state index contributed by atoms with van der Waals surface area (Å²) in [7, 11) is 0. The van der Waals surface area contributed by atoms with Crippen molar-refractivity contribution in [3.63, 3.8) is 0 Å². The number of hydrogen-bond acceptors (Lipinski definition) is 4. The van der Waals surface area contributed by atoms with Gasteiger partial charge in [0.05, 0.1) is 6.20 Å². The average molecular weight is 197 g/mol. The first-order valence-corrected chi connectivity index (χ1v) is 4.49. The number of rotatable bonds is 1. The molecule has 0 saturated heterocycles. The van der Waals surface area contributed by atoms with Crippen LogP contribution in [0.2, 0.25) is 0 Å². The lowest BCUT2D eigenvalue weighted by Gasteiger charge is -1.92. The number of fused-ring (bicyclic) bond motifs is 1. The second-order valence-corrected chi connectivity index (χ2v) is 3.08. The molecule has 5 heteroatoms. The van der Waals surface area contributed by atoms with Crippen LogP contribution in [0.1, 0.15) is 0 Å². The molecule has 15 heavy (non-hydrogen) atoms. The Kier molecular flexibility index (Phi) is 1.68. The Labute approximate surface area is 85.3 Å². The molecule has 3 aromatic heterocycles. The maximum atomic E-state index is 4.35. The average Bonchev–Trinajstić information content (AvgIpc) is 2.74. The summed E-state index contributed by atoms with van der Waals surface area (Å²) in [5.41, 5.74) is 2.50. The van der Waals surface area contributed by atoms with Crippen molar-refractivity contribution in [3.8, 4) is 11.4 Å². The van der Waals surface area contributed by atoms with Crippen LogP contribution in [0.5, 0.6) is 0 Å². The van der Waals surface area contributed by atoms with E-state index in [1.807, 2.05) is 12.1 Å². The standard InChI is InChI=1S/C10H7N5/c1-3-11-4-2-7(1)9-14-8-5-12-6-13-10(8)15-9/h1-6H,(H,12,13,14,15). The highest BCUT2D eigenvalue weighted by Crippen LogP contribution is 2.16. The molecule has 0 aromatic carbocycles. The largest absolute Gasteiger partial charge is 0.335 e. The quantitative estimate of drug-likeness (QED) is 0.640. The number of imidazole rings is 1. The summed E-state index contributed by atoms with van der Waals surface area (Å²) in [6, 6.07) is 3.79. The third kappa shape index (κ3) is 1.34. The lowest BCUT2D eigenvalue weighted by atomic mass is 10.3. The van der Waals surface area contributed by atoms with Gasteiger partial charge in [0.1, 0.15) is 17.7 Å². The Morgan fingerprint density at radius 1 is 1.07 bits per heavy atom. The van der Waals surface area contributed by atoms with Crippen LogP contribution in [0.3, 0.4) is 0 Å². The van der Waals surface area contributed by atoms with Gasteiger partial charge in [0, 0.05) is 18.0 Å². The van der Waals surface area contributed by atoms with E-state index in [-0.39, 0.29) is 0 Å². The molecular formula is C10H7N5. The van der Waals surface area contributed by atoms with Crippen LogP contribution in [-0.4, -0.2) is 24.9 Å². The van der Waals surface area contributed by atoms with Crippen LogP contribution in [0.25, 0.3) is 22.6 Å². The normalized spacial score (nSPS) is 10.7. The molecule has 0 fully saturated rings. The smallest absolute Gasteiger partial charge is 0.181 e. The molecule has 3 aromatic rings. The fourth-order valence-corrected chi connectivity index (χ4v) is 1.41. The molecule has 3 heterocycles. The second kappa shape index (κ2) is 3.13. The summed E-state index contributed by atoms with van der Waals surface area (Å²) in [6.45, 7) is 0. The van der Waals surface area contributed by atoms with Crippen LogP contribution in [0, 0.1) is 0 Å². The maximum Gasteiger partial charge on any atom is 0.181 e. The number of pyridine rings is 1. The minimum Gasteiger partial charge on any atom is -0.335 e. The summed E-state index contributed by atoms with van der Waals surface area (Å²) in [5, 5.41) is 0. The van der Waals surface area contributed by atoms with Gasteiger partial charge in [-0.2, -0.15) is 0 Å². The fourth-order valence-electron chi connectivity index (χ4n) is 1.41. The molecule has 0 bridgehead atoms. The van der Waals surface area contributed by atoms with Gasteiger partial charge in [0.15, 0.2) is 5.65 Å². The van der Waals surface area contributed by atoms with Crippen LogP contribution >= 0.6 is 0 Å². The zero-order valence-corrected chi connectivity index (χ0v) is 7.75. The second-order valence-electron chi connectivity index (χ2n) is 3.08. The first-order valence-electron chi connectivity index (χ1n) is 4.49. The number of nitrogens with zero attached hydrogens (tertiary/aromatic N) is 4. The Morgan fingerprint density at radius 2 is 1.93 bits per heavy atom. The van der Waals surface area contributed by atoms with E-state index in [1.54, 1.807) is 18.6 Å². The zero-order valence-electron chi connectivity index (χ0n) is 7.75. The first-order chi connectivity index (χ1) is 7.43. The van der Waals surface area contributed by atoms with E-state index in [9.17, 15) is 0 Å². The van der Waals surface area contributed by atoms with Gasteiger partial charge in [0.2, 0.25) is 0 Å². The summed E-state index contributed by atoms with van der Waals surface area (Å²) in [4.78, 5) is 19.4. The maximum absolute atomic E-state index is 4.35. The molecule has 0 aliphatic heterocycles. The van der Waals surface area contributed by atoms with E-state index < -0.39 is 0 Å². The van der Waals surface area contributed by atoms with Gasteiger partial charge in [-0.25, -0.2) is 15.0 Å². The Morgan fingerprint density at radius 3 is 2.73 bits per heavy atom. The van der Waals surface area contributed by atoms with Crippen LogP contribution in [0.15, 0.2) is 37.1 Å². The number of hydrogen-bond donors (Lipinski definition) is 1. The molecule has 72 valence electrons. The molecular weight excluding hydrogens is 190 g/mol. The van der Waals surface area contributed by atoms with E-state index in [2.05, 4.69) is 24.9 Å². The highest BCUT2D eigenvalue weighted by Gasteiger charge is 2.04. The van der Waals surface area contributed by atoms with Gasteiger partial charge in [-0.15, -0.1) is 0 Å². The minimum atomic E-state index is 0.678. The van der Waals surface area contributed by atoms with Crippen molar-refractivity contribution in [1.29, 1.82) is 0 Å². The van der Waals surface area contributed by atoms with Crippen molar-refractivity contribution in [2.45, 2.75) is 0 Å². The van der Waals surface area contributed by atoms with Gasteiger partial charge in [-0.1, -0.05) is 0 Å². The summed E-state index contributed by atoms with van der Waals surface area (Å²) in [5.74, 6) is 0.785. The highest BCUT2D eigenvalue weighted by molar-refractivity contribution is 5.74. The van der Waals surface area contributed by atoms with Gasteiger partial charge in [-0.05, 0) is 12.1 Å². The van der Waals surface area contributed by atoms with Gasteiger partial charge in [-0.3, -0.25) is 4.98 Å². The molecule has 0 radical (unpaired) electrons. The van der Waals surface area contributed by atoms with Crippen molar-refractivity contribution < 1.29 is 0 Å². The first kappa shape index (κ1) is 8.05. The van der Waals surface area contributed by atoms with Crippen molar-refractivity contribution in [1.82, 2.24) is 24.9 Å². The molecule has 0 spiro atoms. The summed E-state index contributed by atoms with van der Waals surface area (Å²) >= 11 is 0. The van der Waals surface area contributed by atoms with E-state index in [1.165, 1.54) is 6.33 Å². The lowest BCUT2D eigenvalue weighted by molar-refractivity contribution is 1.20. The Hall–Kier alpha value is -2.30. The van der Waals surface area contributed by atoms with Gasteiger partial charge >= 0.3 is 0 Å². The Bertz CT molecular complexity index is 554. The van der Waals surface area contributed by atoms with E-state index in [0.29, 0.717) is 5.65 Å². The molecule has 0 amide bonds. The van der Waals surface area contributed by atoms with Crippen LogP contribution in [-0.2, 0) is 0 Å². The van der Waals surface area contributed by atoms with Crippen LogP contribution in [0.4, 0.5) is 0 Å². The monoisotopic (exact) mass is 197 g/mol. The van der Waals surface area contributed by atoms with E-state index in [0.717, 1.165) is 16.9 Å². The zero-order chi connectivity index (χ0) is 10.1. The Balaban J connectivity index is 2.21. The van der Waals surface area contributed by atoms with Crippen molar-refractivity contribution in [2.24, 2.45) is 0 Å². The molecule has 0 saturated carbocycles. The van der Waals surface area contributed by atoms with Crippen molar-refractivity contribution in [3.05, 3.63) is 37.1 Å². The molecule has 5 nitrogen and oxygen atoms in total. The van der Waals surface area contributed by atoms with Gasteiger partial charge in [0.25, 0.3) is 0 Å². The molecule has 1 N–H and O–H groups in total. The fraction of sp³-hybridized carbons (Fsp3) is 0. The number of aromatic amines is 1. The van der Waals surface area contributed by atoms with E-state index in [4.69, 9.17) is 0 Å². The number of aromatic nitrogens is 5. The topological polar surface area (TPSA) is 67.3 Å². The van der Waals surface area contributed by atoms with E-state index >= 15 is 0 Å². The minimum absolute atomic E-state index is 0.678. The number of H-pyrrole nitrogens is 1. The van der Waals surface area contributed by atoms with Crippen molar-refractivity contribution in [2.75, 3.05) is 0 Å². The van der Waals surface area contributed by atoms with Gasteiger partial charge < -0.3 is 4.98 Å². The third-order valence-corrected chi connectivity index (χ3v) is 2.12. The molecule has 0 atom stereocenters. The predicted octanol–water partition coefficient (Wildman–Crippen LogP) is 1.41. The summed E-state index contributed by atoms with van der Waals surface area (Å²) < 4.78 is 0. The summed E-state index contributed by atoms with van der Waals surface area (Å²) in [6.07, 6.45) is 6.65. The van der Waals surface area contributed by atoms with Crippen molar-refractivity contribution >= 4 is 11.2 Å². The lowest BCUT2D eigenvalue weighted by Crippen LogP contribution is -1.79. The molecule has 0 aliphatic carbocycles. The predicted molar refractivity (Wildman–Crippen MR) is 54.9 cm³/mol. The molecule has 0 aliphatic rings. The number of nitrogens with one attached hydrogen (secondary N) is 1. The van der Waals surface area contributed by atoms with Crippen LogP contribution < -0.4 is 0 Å². The third-order valence-electron chi connectivity index (χ3n) is 2.12. The highest BCUT2D eigenvalue weighted by atomic mass is 15.0. The molecule has 0 unspecified atom stereocenters. The SMILES string of the molecule is c1cc(-c2nc3ncncc3[nH]2)ccn1.